The fraction of sp³-hybridized carbons (Fsp3) is 0.238. The van der Waals surface area contributed by atoms with Crippen molar-refractivity contribution in [1.29, 1.82) is 0 Å². The number of anilines is 2. The van der Waals surface area contributed by atoms with Gasteiger partial charge in [0.25, 0.3) is 0 Å². The molecule has 0 saturated carbocycles. The quantitative estimate of drug-likeness (QED) is 0.641. The zero-order valence-corrected chi connectivity index (χ0v) is 16.3. The van der Waals surface area contributed by atoms with Crippen LogP contribution in [0.3, 0.4) is 0 Å². The van der Waals surface area contributed by atoms with Crippen molar-refractivity contribution < 1.29 is 18.3 Å². The van der Waals surface area contributed by atoms with Gasteiger partial charge in [-0.2, -0.15) is 13.8 Å². The summed E-state index contributed by atoms with van der Waals surface area (Å²) in [5.41, 5.74) is 2.34. The number of rotatable bonds is 7. The highest BCUT2D eigenvalue weighted by molar-refractivity contribution is 5.63. The Morgan fingerprint density at radius 3 is 2.48 bits per heavy atom. The minimum Gasteiger partial charge on any atom is -0.490 e. The van der Waals surface area contributed by atoms with E-state index in [4.69, 9.17) is 4.74 Å². The van der Waals surface area contributed by atoms with Gasteiger partial charge in [0, 0.05) is 11.8 Å². The van der Waals surface area contributed by atoms with Crippen molar-refractivity contribution in [3.63, 3.8) is 0 Å². The van der Waals surface area contributed by atoms with Crippen molar-refractivity contribution in [3.05, 3.63) is 75.7 Å². The smallest absolute Gasteiger partial charge is 0.387 e. The number of aryl methyl sites for hydroxylation is 2. The van der Waals surface area contributed by atoms with E-state index in [-0.39, 0.29) is 17.4 Å². The van der Waals surface area contributed by atoms with Crippen LogP contribution in [0.15, 0.2) is 53.5 Å². The molecule has 0 bridgehead atoms. The Bertz CT molecular complexity index is 1050. The molecule has 1 aromatic heterocycles. The van der Waals surface area contributed by atoms with E-state index in [9.17, 15) is 13.6 Å². The topological polar surface area (TPSA) is 65.4 Å². The molecule has 0 aliphatic carbocycles. The van der Waals surface area contributed by atoms with Crippen molar-refractivity contribution in [1.82, 2.24) is 9.55 Å². The van der Waals surface area contributed by atoms with Gasteiger partial charge in [0.2, 0.25) is 11.7 Å². The molecule has 6 nitrogen and oxygen atoms in total. The number of halogens is 2. The fourth-order valence-electron chi connectivity index (χ4n) is 2.92. The molecule has 0 unspecified atom stereocenters. The third-order valence-corrected chi connectivity index (χ3v) is 4.36. The lowest BCUT2D eigenvalue weighted by Crippen LogP contribution is -2.19. The average Bonchev–Trinajstić information content (AvgIpc) is 2.68. The highest BCUT2D eigenvalue weighted by atomic mass is 19.3. The van der Waals surface area contributed by atoms with Crippen LogP contribution in [-0.4, -0.2) is 23.3 Å². The van der Waals surface area contributed by atoms with Crippen molar-refractivity contribution in [2.75, 3.05) is 12.4 Å². The number of alkyl halides is 2. The number of nitrogens with zero attached hydrogens (tertiary/aromatic N) is 2. The number of benzene rings is 2. The highest BCUT2D eigenvalue weighted by Crippen LogP contribution is 2.29. The van der Waals surface area contributed by atoms with Crippen LogP contribution in [0.2, 0.25) is 0 Å². The Balaban J connectivity index is 2.02. The van der Waals surface area contributed by atoms with Crippen LogP contribution in [0.5, 0.6) is 11.5 Å². The standard InChI is InChI=1S/C21H21F2N3O3/c1-13-9-14(2)17(29-20(22)23)10-16(13)24-21-25-19(27)18(28-3)12-26(21)11-15-7-5-4-6-8-15/h4-10,12,20H,11H2,1-3H3,(H,24,25,27). The largest absolute Gasteiger partial charge is 0.490 e. The molecule has 152 valence electrons. The summed E-state index contributed by atoms with van der Waals surface area (Å²) in [6.07, 6.45) is 1.56. The van der Waals surface area contributed by atoms with Gasteiger partial charge < -0.3 is 19.4 Å². The number of hydrogen-bond donors (Lipinski definition) is 1. The van der Waals surface area contributed by atoms with Gasteiger partial charge in [-0.25, -0.2) is 0 Å². The average molecular weight is 401 g/mol. The van der Waals surface area contributed by atoms with Gasteiger partial charge >= 0.3 is 12.2 Å². The van der Waals surface area contributed by atoms with Gasteiger partial charge in [-0.05, 0) is 30.5 Å². The summed E-state index contributed by atoms with van der Waals surface area (Å²) in [6.45, 7) is 1.01. The summed E-state index contributed by atoms with van der Waals surface area (Å²) in [6, 6.07) is 12.8. The Morgan fingerprint density at radius 1 is 1.10 bits per heavy atom. The molecular weight excluding hydrogens is 380 g/mol. The number of aromatic nitrogens is 2. The van der Waals surface area contributed by atoms with E-state index in [2.05, 4.69) is 15.0 Å². The first-order valence-electron chi connectivity index (χ1n) is 8.90. The van der Waals surface area contributed by atoms with Crippen LogP contribution in [0.25, 0.3) is 0 Å². The molecule has 3 aromatic rings. The summed E-state index contributed by atoms with van der Waals surface area (Å²) < 4.78 is 36.8. The molecule has 0 atom stereocenters. The van der Waals surface area contributed by atoms with Crippen molar-refractivity contribution in [2.45, 2.75) is 27.0 Å². The maximum atomic E-state index is 12.7. The van der Waals surface area contributed by atoms with Gasteiger partial charge in [0.15, 0.2) is 0 Å². The maximum Gasteiger partial charge on any atom is 0.387 e. The molecule has 29 heavy (non-hydrogen) atoms. The second kappa shape index (κ2) is 8.72. The number of methoxy groups -OCH3 is 1. The molecule has 0 aliphatic heterocycles. The van der Waals surface area contributed by atoms with Crippen molar-refractivity contribution >= 4 is 11.6 Å². The molecule has 0 aliphatic rings. The predicted octanol–water partition coefficient (Wildman–Crippen LogP) is 4.26. The van der Waals surface area contributed by atoms with Gasteiger partial charge in [-0.3, -0.25) is 4.79 Å². The third kappa shape index (κ3) is 4.90. The van der Waals surface area contributed by atoms with Gasteiger partial charge in [0.05, 0.1) is 19.9 Å². The number of nitrogens with one attached hydrogen (secondary N) is 1. The predicted molar refractivity (Wildman–Crippen MR) is 106 cm³/mol. The van der Waals surface area contributed by atoms with Gasteiger partial charge in [0.1, 0.15) is 5.75 Å². The van der Waals surface area contributed by atoms with Crippen molar-refractivity contribution in [3.8, 4) is 11.5 Å². The second-order valence-electron chi connectivity index (χ2n) is 6.49. The molecule has 0 amide bonds. The highest BCUT2D eigenvalue weighted by Gasteiger charge is 2.14. The Labute approximate surface area is 166 Å². The first-order valence-corrected chi connectivity index (χ1v) is 8.90. The molecule has 1 N–H and O–H groups in total. The monoisotopic (exact) mass is 401 g/mol. The normalized spacial score (nSPS) is 10.8. The van der Waals surface area contributed by atoms with E-state index < -0.39 is 12.2 Å². The van der Waals surface area contributed by atoms with E-state index in [1.807, 2.05) is 37.3 Å². The lowest BCUT2D eigenvalue weighted by Gasteiger charge is -2.18. The zero-order chi connectivity index (χ0) is 21.0. The summed E-state index contributed by atoms with van der Waals surface area (Å²) in [4.78, 5) is 16.3. The SMILES string of the molecule is COc1cn(Cc2ccccc2)c(Nc2cc(OC(F)F)c(C)cc2C)nc1=O. The first kappa shape index (κ1) is 20.3. The molecule has 2 aromatic carbocycles. The van der Waals surface area contributed by atoms with Crippen LogP contribution in [-0.2, 0) is 6.54 Å². The summed E-state index contributed by atoms with van der Waals surface area (Å²) in [7, 11) is 1.40. The third-order valence-electron chi connectivity index (χ3n) is 4.36. The van der Waals surface area contributed by atoms with E-state index in [1.54, 1.807) is 23.8 Å². The molecule has 8 heteroatoms. The van der Waals surface area contributed by atoms with E-state index in [0.717, 1.165) is 11.1 Å². The Kier molecular flexibility index (Phi) is 6.11. The fourth-order valence-corrected chi connectivity index (χ4v) is 2.92. The van der Waals surface area contributed by atoms with E-state index >= 15 is 0 Å². The number of hydrogen-bond acceptors (Lipinski definition) is 5. The molecule has 3 rings (SSSR count). The van der Waals surface area contributed by atoms with Crippen LogP contribution in [0, 0.1) is 13.8 Å². The Hall–Kier alpha value is -3.42. The lowest BCUT2D eigenvalue weighted by molar-refractivity contribution is -0.0502. The van der Waals surface area contributed by atoms with E-state index in [1.165, 1.54) is 13.2 Å². The molecular formula is C21H21F2N3O3. The molecule has 0 saturated heterocycles. The first-order chi connectivity index (χ1) is 13.9. The Morgan fingerprint density at radius 2 is 1.83 bits per heavy atom. The van der Waals surface area contributed by atoms with E-state index in [0.29, 0.717) is 17.8 Å². The summed E-state index contributed by atoms with van der Waals surface area (Å²) in [5.74, 6) is 0.419. The second-order valence-corrected chi connectivity index (χ2v) is 6.49. The number of ether oxygens (including phenoxy) is 2. The summed E-state index contributed by atoms with van der Waals surface area (Å²) >= 11 is 0. The summed E-state index contributed by atoms with van der Waals surface area (Å²) in [5, 5.41) is 3.07. The minimum absolute atomic E-state index is 0.0542. The molecule has 0 radical (unpaired) electrons. The molecule has 0 fully saturated rings. The minimum atomic E-state index is -2.93. The van der Waals surface area contributed by atoms with Gasteiger partial charge in [-0.15, -0.1) is 0 Å². The lowest BCUT2D eigenvalue weighted by atomic mass is 10.1. The van der Waals surface area contributed by atoms with Crippen LogP contribution < -0.4 is 20.3 Å². The van der Waals surface area contributed by atoms with Crippen LogP contribution in [0.4, 0.5) is 20.4 Å². The zero-order valence-electron chi connectivity index (χ0n) is 16.3. The van der Waals surface area contributed by atoms with Crippen molar-refractivity contribution in [2.24, 2.45) is 0 Å². The van der Waals surface area contributed by atoms with Gasteiger partial charge in [-0.1, -0.05) is 36.4 Å². The molecule has 1 heterocycles. The molecule has 0 spiro atoms. The maximum absolute atomic E-state index is 12.7. The van der Waals surface area contributed by atoms with Crippen LogP contribution >= 0.6 is 0 Å². The van der Waals surface area contributed by atoms with Crippen LogP contribution in [0.1, 0.15) is 16.7 Å².